The van der Waals surface area contributed by atoms with E-state index in [1.54, 1.807) is 0 Å². The summed E-state index contributed by atoms with van der Waals surface area (Å²) >= 11 is 0. The van der Waals surface area contributed by atoms with E-state index in [2.05, 4.69) is 31.2 Å². The molecule has 1 aromatic rings. The standard InChI is InChI=1S/C16H18O3/c1-2-3-4-12-5-7-13(8-6-12)11-14-16(9-10-16)19-15(17)18-14/h5-8,11H,2-4,9-10H2,1H3/b14-11+. The first-order chi connectivity index (χ1) is 9.22. The van der Waals surface area contributed by atoms with Crippen LogP contribution in [-0.4, -0.2) is 11.8 Å². The van der Waals surface area contributed by atoms with Gasteiger partial charge in [-0.1, -0.05) is 37.6 Å². The molecular weight excluding hydrogens is 240 g/mol. The maximum absolute atomic E-state index is 11.2. The molecule has 19 heavy (non-hydrogen) atoms. The van der Waals surface area contributed by atoms with Crippen molar-refractivity contribution in [1.29, 1.82) is 0 Å². The Morgan fingerprint density at radius 1 is 1.26 bits per heavy atom. The largest absolute Gasteiger partial charge is 0.514 e. The van der Waals surface area contributed by atoms with Gasteiger partial charge in [0.2, 0.25) is 0 Å². The summed E-state index contributed by atoms with van der Waals surface area (Å²) in [5.74, 6) is 0.666. The van der Waals surface area contributed by atoms with Gasteiger partial charge in [-0.3, -0.25) is 0 Å². The summed E-state index contributed by atoms with van der Waals surface area (Å²) in [7, 11) is 0. The number of aryl methyl sites for hydroxylation is 1. The predicted octanol–water partition coefficient (Wildman–Crippen LogP) is 4.07. The third-order valence-electron chi connectivity index (χ3n) is 3.72. The molecule has 3 rings (SSSR count). The van der Waals surface area contributed by atoms with Gasteiger partial charge in [0.05, 0.1) is 0 Å². The number of hydrogen-bond donors (Lipinski definition) is 0. The highest BCUT2D eigenvalue weighted by molar-refractivity contribution is 5.71. The van der Waals surface area contributed by atoms with Crippen molar-refractivity contribution in [2.24, 2.45) is 0 Å². The summed E-state index contributed by atoms with van der Waals surface area (Å²) in [6, 6.07) is 8.42. The Hall–Kier alpha value is -1.77. The van der Waals surface area contributed by atoms with Crippen LogP contribution in [0.1, 0.15) is 43.7 Å². The summed E-state index contributed by atoms with van der Waals surface area (Å²) in [6.07, 6.45) is 6.65. The fourth-order valence-electron chi connectivity index (χ4n) is 2.35. The Bertz CT molecular complexity index is 509. The van der Waals surface area contributed by atoms with Crippen LogP contribution in [0, 0.1) is 0 Å². The van der Waals surface area contributed by atoms with Crippen molar-refractivity contribution in [3.05, 3.63) is 41.2 Å². The second-order valence-corrected chi connectivity index (χ2v) is 5.30. The monoisotopic (exact) mass is 258 g/mol. The third kappa shape index (κ3) is 2.50. The highest BCUT2D eigenvalue weighted by atomic mass is 16.8. The van der Waals surface area contributed by atoms with Crippen molar-refractivity contribution in [3.8, 4) is 0 Å². The van der Waals surface area contributed by atoms with Crippen LogP contribution >= 0.6 is 0 Å². The highest BCUT2D eigenvalue weighted by Crippen LogP contribution is 2.51. The van der Waals surface area contributed by atoms with E-state index in [-0.39, 0.29) is 0 Å². The van der Waals surface area contributed by atoms with Crippen molar-refractivity contribution < 1.29 is 14.3 Å². The summed E-state index contributed by atoms with van der Waals surface area (Å²) in [6.45, 7) is 2.20. The molecule has 3 nitrogen and oxygen atoms in total. The number of ether oxygens (including phenoxy) is 2. The van der Waals surface area contributed by atoms with Gasteiger partial charge >= 0.3 is 6.16 Å². The van der Waals surface area contributed by atoms with Crippen molar-refractivity contribution in [2.75, 3.05) is 0 Å². The van der Waals surface area contributed by atoms with E-state index in [4.69, 9.17) is 9.47 Å². The lowest BCUT2D eigenvalue weighted by Crippen LogP contribution is -2.07. The third-order valence-corrected chi connectivity index (χ3v) is 3.72. The van der Waals surface area contributed by atoms with Gasteiger partial charge < -0.3 is 9.47 Å². The zero-order valence-corrected chi connectivity index (χ0v) is 11.1. The molecule has 1 aliphatic heterocycles. The Morgan fingerprint density at radius 3 is 2.63 bits per heavy atom. The average Bonchev–Trinajstić information content (AvgIpc) is 3.10. The molecule has 1 saturated carbocycles. The minimum Gasteiger partial charge on any atom is -0.419 e. The molecule has 100 valence electrons. The Balaban J connectivity index is 1.74. The first-order valence-electron chi connectivity index (χ1n) is 6.94. The Kier molecular flexibility index (Phi) is 3.05. The van der Waals surface area contributed by atoms with E-state index in [1.807, 2.05) is 6.08 Å². The average molecular weight is 258 g/mol. The molecule has 1 spiro atoms. The molecule has 0 atom stereocenters. The first-order valence-corrected chi connectivity index (χ1v) is 6.94. The maximum atomic E-state index is 11.2. The topological polar surface area (TPSA) is 35.5 Å². The van der Waals surface area contributed by atoms with E-state index >= 15 is 0 Å². The van der Waals surface area contributed by atoms with Gasteiger partial charge in [0.25, 0.3) is 0 Å². The second kappa shape index (κ2) is 4.72. The molecule has 0 aromatic heterocycles. The fraction of sp³-hybridized carbons (Fsp3) is 0.438. The predicted molar refractivity (Wildman–Crippen MR) is 72.6 cm³/mol. The van der Waals surface area contributed by atoms with Crippen LogP contribution < -0.4 is 0 Å². The van der Waals surface area contributed by atoms with Crippen molar-refractivity contribution in [1.82, 2.24) is 0 Å². The van der Waals surface area contributed by atoms with E-state index in [9.17, 15) is 4.79 Å². The molecule has 3 heteroatoms. The molecule has 1 aliphatic carbocycles. The molecule has 0 N–H and O–H groups in total. The minimum absolute atomic E-state index is 0.433. The second-order valence-electron chi connectivity index (χ2n) is 5.30. The molecule has 0 radical (unpaired) electrons. The number of carbonyl (C=O) groups is 1. The van der Waals surface area contributed by atoms with Gasteiger partial charge in [0.15, 0.2) is 11.4 Å². The molecule has 2 aliphatic rings. The van der Waals surface area contributed by atoms with Crippen molar-refractivity contribution in [2.45, 2.75) is 44.6 Å². The molecule has 1 aromatic carbocycles. The van der Waals surface area contributed by atoms with Crippen LogP contribution in [0.5, 0.6) is 0 Å². The van der Waals surface area contributed by atoms with Crippen molar-refractivity contribution >= 4 is 12.2 Å². The van der Waals surface area contributed by atoms with Crippen molar-refractivity contribution in [3.63, 3.8) is 0 Å². The van der Waals surface area contributed by atoms with Gasteiger partial charge in [-0.05, 0) is 42.9 Å². The van der Waals surface area contributed by atoms with Gasteiger partial charge in [-0.15, -0.1) is 0 Å². The minimum atomic E-state index is -0.566. The van der Waals surface area contributed by atoms with E-state index in [0.29, 0.717) is 5.76 Å². The van der Waals surface area contributed by atoms with Crippen LogP contribution in [0.25, 0.3) is 6.08 Å². The van der Waals surface area contributed by atoms with Crippen LogP contribution in [0.3, 0.4) is 0 Å². The van der Waals surface area contributed by atoms with Crippen LogP contribution in [0.4, 0.5) is 4.79 Å². The quantitative estimate of drug-likeness (QED) is 0.764. The lowest BCUT2D eigenvalue weighted by atomic mass is 10.1. The summed E-state index contributed by atoms with van der Waals surface area (Å²) in [5.41, 5.74) is 1.97. The van der Waals surface area contributed by atoms with E-state index < -0.39 is 11.8 Å². The smallest absolute Gasteiger partial charge is 0.419 e. The van der Waals surface area contributed by atoms with Crippen LogP contribution in [-0.2, 0) is 15.9 Å². The molecule has 1 saturated heterocycles. The number of rotatable bonds is 4. The summed E-state index contributed by atoms with van der Waals surface area (Å²) in [4.78, 5) is 11.2. The normalized spacial score (nSPS) is 21.5. The van der Waals surface area contributed by atoms with Gasteiger partial charge in [-0.2, -0.15) is 0 Å². The van der Waals surface area contributed by atoms with E-state index in [1.165, 1.54) is 18.4 Å². The first kappa shape index (κ1) is 12.3. The maximum Gasteiger partial charge on any atom is 0.514 e. The number of carbonyl (C=O) groups excluding carboxylic acids is 1. The zero-order valence-electron chi connectivity index (χ0n) is 11.1. The molecule has 0 amide bonds. The number of unbranched alkanes of at least 4 members (excludes halogenated alkanes) is 1. The summed E-state index contributed by atoms with van der Waals surface area (Å²) in [5, 5.41) is 0. The molecule has 0 unspecified atom stereocenters. The SMILES string of the molecule is CCCCc1ccc(/C=C2/OC(=O)OC23CC3)cc1. The van der Waals surface area contributed by atoms with Crippen LogP contribution in [0.2, 0.25) is 0 Å². The van der Waals surface area contributed by atoms with E-state index in [0.717, 1.165) is 24.8 Å². The lowest BCUT2D eigenvalue weighted by molar-refractivity contribution is 0.112. The fourth-order valence-corrected chi connectivity index (χ4v) is 2.35. The highest BCUT2D eigenvalue weighted by Gasteiger charge is 2.57. The number of benzene rings is 1. The van der Waals surface area contributed by atoms with Gasteiger partial charge in [0, 0.05) is 0 Å². The van der Waals surface area contributed by atoms with Gasteiger partial charge in [-0.25, -0.2) is 4.79 Å². The zero-order chi connectivity index (χ0) is 13.3. The van der Waals surface area contributed by atoms with Crippen LogP contribution in [0.15, 0.2) is 30.0 Å². The van der Waals surface area contributed by atoms with Gasteiger partial charge in [0.1, 0.15) is 0 Å². The Morgan fingerprint density at radius 2 is 2.00 bits per heavy atom. The molecule has 1 heterocycles. The summed E-state index contributed by atoms with van der Waals surface area (Å²) < 4.78 is 10.3. The molecular formula is C16H18O3. The number of cyclic esters (lactones) is 1. The Labute approximate surface area is 113 Å². The lowest BCUT2D eigenvalue weighted by Gasteiger charge is -2.04. The molecule has 0 bridgehead atoms. The molecule has 2 fully saturated rings. The number of hydrogen-bond acceptors (Lipinski definition) is 3.